The molecule has 17 heavy (non-hydrogen) atoms. The maximum Gasteiger partial charge on any atom is 0.221 e. The fourth-order valence-electron chi connectivity index (χ4n) is 1.08. The number of nitrogens with one attached hydrogen (secondary N) is 1. The number of carbonyl (C=O) groups excluding carboxylic acids is 1. The molecule has 0 fully saturated rings. The quantitative estimate of drug-likeness (QED) is 0.418. The second kappa shape index (κ2) is 8.39. The van der Waals surface area contributed by atoms with Crippen LogP contribution in [0.4, 0.5) is 0 Å². The third-order valence-electron chi connectivity index (χ3n) is 1.78. The third-order valence-corrected chi connectivity index (χ3v) is 1.78. The zero-order chi connectivity index (χ0) is 13.3. The number of rotatable bonds is 7. The van der Waals surface area contributed by atoms with Crippen molar-refractivity contribution in [2.75, 3.05) is 6.61 Å². The normalized spacial score (nSPS) is 11.4. The zero-order valence-corrected chi connectivity index (χ0v) is 10.9. The van der Waals surface area contributed by atoms with Crippen molar-refractivity contribution in [2.45, 2.75) is 27.2 Å². The molecular formula is C14H21NO2. The molecule has 0 bridgehead atoms. The van der Waals surface area contributed by atoms with Gasteiger partial charge in [-0.15, -0.1) is 6.58 Å². The van der Waals surface area contributed by atoms with E-state index in [9.17, 15) is 4.79 Å². The standard InChI is InChI=1S/C14H21NO2/c1-6-7-14(17-9-8-11(2)3)10-12(4)15-13(5)16/h6-7,10H,2,4,8-9H2,1,3,5H3,(H,15,16)/b7-6-,14-10+. The molecular weight excluding hydrogens is 214 g/mol. The van der Waals surface area contributed by atoms with Crippen LogP contribution in [-0.4, -0.2) is 12.5 Å². The van der Waals surface area contributed by atoms with Crippen LogP contribution in [0.2, 0.25) is 0 Å². The average molecular weight is 235 g/mol. The molecule has 0 aromatic heterocycles. The molecule has 0 aliphatic rings. The van der Waals surface area contributed by atoms with Crippen molar-refractivity contribution in [2.24, 2.45) is 0 Å². The number of amides is 1. The lowest BCUT2D eigenvalue weighted by Crippen LogP contribution is -2.17. The highest BCUT2D eigenvalue weighted by Crippen LogP contribution is 2.06. The first kappa shape index (κ1) is 15.2. The van der Waals surface area contributed by atoms with Gasteiger partial charge in [-0.2, -0.15) is 0 Å². The number of hydrogen-bond acceptors (Lipinski definition) is 2. The maximum atomic E-state index is 10.8. The van der Waals surface area contributed by atoms with Crippen LogP contribution in [0.5, 0.6) is 0 Å². The van der Waals surface area contributed by atoms with Gasteiger partial charge in [0.2, 0.25) is 5.91 Å². The molecule has 0 rings (SSSR count). The molecule has 0 aromatic carbocycles. The largest absolute Gasteiger partial charge is 0.493 e. The first-order valence-corrected chi connectivity index (χ1v) is 5.53. The molecule has 94 valence electrons. The van der Waals surface area contributed by atoms with Crippen LogP contribution in [0.25, 0.3) is 0 Å². The Morgan fingerprint density at radius 1 is 1.35 bits per heavy atom. The van der Waals surface area contributed by atoms with Gasteiger partial charge in [-0.1, -0.05) is 18.2 Å². The summed E-state index contributed by atoms with van der Waals surface area (Å²) >= 11 is 0. The minimum absolute atomic E-state index is 0.145. The van der Waals surface area contributed by atoms with Gasteiger partial charge in [-0.25, -0.2) is 0 Å². The topological polar surface area (TPSA) is 38.3 Å². The second-order valence-corrected chi connectivity index (χ2v) is 3.81. The summed E-state index contributed by atoms with van der Waals surface area (Å²) in [6, 6.07) is 0. The molecule has 3 nitrogen and oxygen atoms in total. The predicted molar refractivity (Wildman–Crippen MR) is 71.2 cm³/mol. The Hall–Kier alpha value is -1.77. The van der Waals surface area contributed by atoms with Crippen LogP contribution in [0.15, 0.2) is 48.4 Å². The van der Waals surface area contributed by atoms with Gasteiger partial charge < -0.3 is 10.1 Å². The van der Waals surface area contributed by atoms with Gasteiger partial charge in [0.05, 0.1) is 6.61 Å². The highest BCUT2D eigenvalue weighted by Gasteiger charge is 1.98. The van der Waals surface area contributed by atoms with Crippen LogP contribution < -0.4 is 5.32 Å². The number of hydrogen-bond donors (Lipinski definition) is 1. The Morgan fingerprint density at radius 3 is 2.47 bits per heavy atom. The van der Waals surface area contributed by atoms with E-state index in [4.69, 9.17) is 4.74 Å². The fourth-order valence-corrected chi connectivity index (χ4v) is 1.08. The predicted octanol–water partition coefficient (Wildman–Crippen LogP) is 3.08. The van der Waals surface area contributed by atoms with Crippen molar-refractivity contribution in [3.05, 3.63) is 48.4 Å². The lowest BCUT2D eigenvalue weighted by molar-refractivity contribution is -0.118. The third kappa shape index (κ3) is 9.18. The SMILES string of the molecule is C=C(C)CCOC(/C=C\C)=C/C(=C)NC(C)=O. The molecule has 0 heterocycles. The van der Waals surface area contributed by atoms with Crippen LogP contribution in [0.1, 0.15) is 27.2 Å². The summed E-state index contributed by atoms with van der Waals surface area (Å²) in [5, 5.41) is 2.59. The molecule has 0 unspecified atom stereocenters. The Balaban J connectivity index is 4.39. The lowest BCUT2D eigenvalue weighted by atomic mass is 10.2. The van der Waals surface area contributed by atoms with E-state index < -0.39 is 0 Å². The molecule has 0 radical (unpaired) electrons. The van der Waals surface area contributed by atoms with Gasteiger partial charge >= 0.3 is 0 Å². The van der Waals surface area contributed by atoms with Gasteiger partial charge in [0.15, 0.2) is 0 Å². The van der Waals surface area contributed by atoms with E-state index in [1.165, 1.54) is 6.92 Å². The smallest absolute Gasteiger partial charge is 0.221 e. The van der Waals surface area contributed by atoms with Crippen LogP contribution >= 0.6 is 0 Å². The fraction of sp³-hybridized carbons (Fsp3) is 0.357. The Labute approximate surface area is 104 Å². The van der Waals surface area contributed by atoms with Crippen LogP contribution in [0, 0.1) is 0 Å². The molecule has 0 aliphatic heterocycles. The Kier molecular flexibility index (Phi) is 7.52. The van der Waals surface area contributed by atoms with E-state index in [2.05, 4.69) is 18.5 Å². The summed E-state index contributed by atoms with van der Waals surface area (Å²) in [6.07, 6.45) is 6.19. The van der Waals surface area contributed by atoms with E-state index >= 15 is 0 Å². The van der Waals surface area contributed by atoms with Gasteiger partial charge in [0.25, 0.3) is 0 Å². The van der Waals surface area contributed by atoms with Crippen molar-refractivity contribution < 1.29 is 9.53 Å². The van der Waals surface area contributed by atoms with E-state index in [1.54, 1.807) is 6.08 Å². The minimum atomic E-state index is -0.145. The summed E-state index contributed by atoms with van der Waals surface area (Å²) in [5.41, 5.74) is 1.59. The molecule has 0 saturated heterocycles. The van der Waals surface area contributed by atoms with Crippen molar-refractivity contribution >= 4 is 5.91 Å². The van der Waals surface area contributed by atoms with Crippen molar-refractivity contribution in [3.8, 4) is 0 Å². The molecule has 1 amide bonds. The Bertz CT molecular complexity index is 351. The monoisotopic (exact) mass is 235 g/mol. The highest BCUT2D eigenvalue weighted by atomic mass is 16.5. The van der Waals surface area contributed by atoms with Gasteiger partial charge in [-0.05, 0) is 19.9 Å². The average Bonchev–Trinajstić information content (AvgIpc) is 2.15. The van der Waals surface area contributed by atoms with Crippen LogP contribution in [0.3, 0.4) is 0 Å². The maximum absolute atomic E-state index is 10.8. The minimum Gasteiger partial charge on any atom is -0.493 e. The van der Waals surface area contributed by atoms with Crippen molar-refractivity contribution in [3.63, 3.8) is 0 Å². The number of ether oxygens (including phenoxy) is 1. The molecule has 0 aromatic rings. The first-order valence-electron chi connectivity index (χ1n) is 5.53. The summed E-state index contributed by atoms with van der Waals surface area (Å²) < 4.78 is 5.55. The molecule has 0 aliphatic carbocycles. The van der Waals surface area contributed by atoms with Crippen molar-refractivity contribution in [1.82, 2.24) is 5.32 Å². The van der Waals surface area contributed by atoms with Gasteiger partial charge in [-0.3, -0.25) is 4.79 Å². The summed E-state index contributed by atoms with van der Waals surface area (Å²) in [6.45, 7) is 13.4. The summed E-state index contributed by atoms with van der Waals surface area (Å²) in [5.74, 6) is 0.528. The molecule has 0 atom stereocenters. The molecule has 0 spiro atoms. The molecule has 1 N–H and O–H groups in total. The zero-order valence-electron chi connectivity index (χ0n) is 10.9. The molecule has 0 saturated carbocycles. The summed E-state index contributed by atoms with van der Waals surface area (Å²) in [4.78, 5) is 10.8. The lowest BCUT2D eigenvalue weighted by Gasteiger charge is -2.08. The Morgan fingerprint density at radius 2 is 2.00 bits per heavy atom. The van der Waals surface area contributed by atoms with E-state index in [-0.39, 0.29) is 5.91 Å². The van der Waals surface area contributed by atoms with E-state index in [0.29, 0.717) is 18.1 Å². The first-order chi connectivity index (χ1) is 7.95. The highest BCUT2D eigenvalue weighted by molar-refractivity contribution is 5.75. The van der Waals surface area contributed by atoms with Crippen molar-refractivity contribution in [1.29, 1.82) is 0 Å². The number of carbonyl (C=O) groups is 1. The summed E-state index contributed by atoms with van der Waals surface area (Å²) in [7, 11) is 0. The van der Waals surface area contributed by atoms with E-state index in [0.717, 1.165) is 12.0 Å². The second-order valence-electron chi connectivity index (χ2n) is 3.81. The van der Waals surface area contributed by atoms with E-state index in [1.807, 2.05) is 26.0 Å². The number of allylic oxidation sites excluding steroid dienone is 3. The van der Waals surface area contributed by atoms with Crippen LogP contribution in [-0.2, 0) is 9.53 Å². The van der Waals surface area contributed by atoms with Gasteiger partial charge in [0.1, 0.15) is 5.76 Å². The molecule has 3 heteroatoms. The van der Waals surface area contributed by atoms with Gasteiger partial charge in [0, 0.05) is 25.1 Å².